The van der Waals surface area contributed by atoms with Crippen LogP contribution >= 0.6 is 27.5 Å². The monoisotopic (exact) mass is 369 g/mol. The summed E-state index contributed by atoms with van der Waals surface area (Å²) in [5.41, 5.74) is 0.0635. The molecular formula is C14H9BrClNO4. The van der Waals surface area contributed by atoms with Crippen LogP contribution in [0.4, 0.5) is 5.69 Å². The first-order chi connectivity index (χ1) is 9.88. The number of carbonyl (C=O) groups excluding carboxylic acids is 1. The van der Waals surface area contributed by atoms with Crippen LogP contribution in [0.25, 0.3) is 0 Å². The predicted octanol–water partition coefficient (Wildman–Crippen LogP) is 5.01. The third-order valence-corrected chi connectivity index (χ3v) is 3.39. The Hall–Kier alpha value is -1.92. The summed E-state index contributed by atoms with van der Waals surface area (Å²) in [7, 11) is 0. The fourth-order valence-electron chi connectivity index (χ4n) is 1.70. The fourth-order valence-corrected chi connectivity index (χ4v) is 2.23. The van der Waals surface area contributed by atoms with Crippen molar-refractivity contribution in [2.24, 2.45) is 0 Å². The molecule has 0 aliphatic carbocycles. The average Bonchev–Trinajstić information content (AvgIpc) is 2.42. The minimum Gasteiger partial charge on any atom is -0.449 e. The van der Waals surface area contributed by atoms with E-state index in [2.05, 4.69) is 15.9 Å². The van der Waals surface area contributed by atoms with Gasteiger partial charge >= 0.3 is 5.69 Å². The summed E-state index contributed by atoms with van der Waals surface area (Å²) in [5.74, 6) is 0.0632. The van der Waals surface area contributed by atoms with Gasteiger partial charge in [-0.15, -0.1) is 0 Å². The molecule has 0 atom stereocenters. The van der Waals surface area contributed by atoms with E-state index in [9.17, 15) is 14.9 Å². The van der Waals surface area contributed by atoms with E-state index in [1.165, 1.54) is 25.1 Å². The first-order valence-electron chi connectivity index (χ1n) is 5.81. The maximum absolute atomic E-state index is 11.6. The van der Waals surface area contributed by atoms with Crippen LogP contribution in [0.15, 0.2) is 40.9 Å². The Kier molecular flexibility index (Phi) is 4.59. The van der Waals surface area contributed by atoms with Gasteiger partial charge < -0.3 is 4.74 Å². The molecule has 0 N–H and O–H groups in total. The summed E-state index contributed by atoms with van der Waals surface area (Å²) in [4.78, 5) is 22.1. The summed E-state index contributed by atoms with van der Waals surface area (Å²) < 4.78 is 6.24. The van der Waals surface area contributed by atoms with E-state index in [-0.39, 0.29) is 28.0 Å². The van der Waals surface area contributed by atoms with Gasteiger partial charge in [0.05, 0.1) is 10.5 Å². The number of carbonyl (C=O) groups is 1. The molecule has 0 bridgehead atoms. The first-order valence-corrected chi connectivity index (χ1v) is 6.98. The SMILES string of the molecule is CC(=O)c1cc(Br)ccc1Oc1ccc(Cl)cc1[N+](=O)[O-]. The Bertz CT molecular complexity index is 671. The van der Waals surface area contributed by atoms with E-state index in [0.717, 1.165) is 0 Å². The largest absolute Gasteiger partial charge is 0.449 e. The lowest BCUT2D eigenvalue weighted by Gasteiger charge is -2.10. The number of halogens is 2. The van der Waals surface area contributed by atoms with Crippen molar-refractivity contribution in [2.75, 3.05) is 0 Å². The molecule has 2 aromatic rings. The highest BCUT2D eigenvalue weighted by molar-refractivity contribution is 9.10. The summed E-state index contributed by atoms with van der Waals surface area (Å²) in [6, 6.07) is 8.92. The summed E-state index contributed by atoms with van der Waals surface area (Å²) in [5, 5.41) is 11.3. The standard InChI is InChI=1S/C14H9BrClNO4/c1-8(18)11-6-9(15)2-4-13(11)21-14-5-3-10(16)7-12(14)17(19)20/h2-7H,1H3. The highest BCUT2D eigenvalue weighted by Gasteiger charge is 2.18. The zero-order valence-corrected chi connectivity index (χ0v) is 13.1. The number of Topliss-reactive ketones (excluding diaryl/α,β-unsaturated/α-hetero) is 1. The van der Waals surface area contributed by atoms with Crippen molar-refractivity contribution in [1.29, 1.82) is 0 Å². The van der Waals surface area contributed by atoms with Crippen molar-refractivity contribution < 1.29 is 14.5 Å². The number of nitrogens with zero attached hydrogens (tertiary/aromatic N) is 1. The minimum atomic E-state index is -0.590. The van der Waals surface area contributed by atoms with Crippen LogP contribution in [0.3, 0.4) is 0 Å². The molecule has 5 nitrogen and oxygen atoms in total. The molecule has 2 aromatic carbocycles. The zero-order chi connectivity index (χ0) is 15.6. The van der Waals surface area contributed by atoms with Crippen LogP contribution in [0, 0.1) is 10.1 Å². The van der Waals surface area contributed by atoms with Gasteiger partial charge in [0.25, 0.3) is 0 Å². The second-order valence-corrected chi connectivity index (χ2v) is 5.52. The molecule has 0 aliphatic heterocycles. The molecule has 0 fully saturated rings. The number of hydrogen-bond donors (Lipinski definition) is 0. The molecule has 0 saturated heterocycles. The highest BCUT2D eigenvalue weighted by atomic mass is 79.9. The Morgan fingerprint density at radius 2 is 1.90 bits per heavy atom. The van der Waals surface area contributed by atoms with E-state index >= 15 is 0 Å². The quantitative estimate of drug-likeness (QED) is 0.431. The van der Waals surface area contributed by atoms with Crippen molar-refractivity contribution >= 4 is 39.0 Å². The summed E-state index contributed by atoms with van der Waals surface area (Å²) in [6.45, 7) is 1.39. The normalized spacial score (nSPS) is 10.2. The lowest BCUT2D eigenvalue weighted by atomic mass is 10.1. The molecule has 0 unspecified atom stereocenters. The number of ketones is 1. The molecular weight excluding hydrogens is 362 g/mol. The van der Waals surface area contributed by atoms with Gasteiger partial charge in [-0.25, -0.2) is 0 Å². The number of nitro benzene ring substituents is 1. The zero-order valence-electron chi connectivity index (χ0n) is 10.8. The third kappa shape index (κ3) is 3.59. The Balaban J connectivity index is 2.48. The molecule has 21 heavy (non-hydrogen) atoms. The molecule has 0 saturated carbocycles. The second kappa shape index (κ2) is 6.24. The van der Waals surface area contributed by atoms with Crippen LogP contribution in [0.5, 0.6) is 11.5 Å². The lowest BCUT2D eigenvalue weighted by Crippen LogP contribution is -1.99. The average molecular weight is 371 g/mol. The second-order valence-electron chi connectivity index (χ2n) is 4.17. The maximum atomic E-state index is 11.6. The number of nitro groups is 1. The van der Waals surface area contributed by atoms with Crippen molar-refractivity contribution in [3.05, 3.63) is 61.6 Å². The third-order valence-electron chi connectivity index (χ3n) is 2.66. The van der Waals surface area contributed by atoms with Gasteiger partial charge in [-0.3, -0.25) is 14.9 Å². The van der Waals surface area contributed by atoms with Crippen LogP contribution < -0.4 is 4.74 Å². The topological polar surface area (TPSA) is 69.4 Å². The van der Waals surface area contributed by atoms with Crippen LogP contribution in [0.1, 0.15) is 17.3 Å². The number of rotatable bonds is 4. The van der Waals surface area contributed by atoms with E-state index in [4.69, 9.17) is 16.3 Å². The van der Waals surface area contributed by atoms with Gasteiger partial charge in [0.15, 0.2) is 5.78 Å². The molecule has 0 amide bonds. The van der Waals surface area contributed by atoms with E-state index in [1.54, 1.807) is 18.2 Å². The smallest absolute Gasteiger partial charge is 0.313 e. The van der Waals surface area contributed by atoms with Crippen molar-refractivity contribution in [2.45, 2.75) is 6.92 Å². The van der Waals surface area contributed by atoms with Gasteiger partial charge in [-0.05, 0) is 37.3 Å². The van der Waals surface area contributed by atoms with Gasteiger partial charge in [0, 0.05) is 15.6 Å². The highest BCUT2D eigenvalue weighted by Crippen LogP contribution is 2.35. The van der Waals surface area contributed by atoms with Gasteiger partial charge in [-0.1, -0.05) is 27.5 Å². The molecule has 0 spiro atoms. The fraction of sp³-hybridized carbons (Fsp3) is 0.0714. The van der Waals surface area contributed by atoms with Crippen LogP contribution in [0.2, 0.25) is 5.02 Å². The minimum absolute atomic E-state index is 0.0224. The van der Waals surface area contributed by atoms with Crippen LogP contribution in [-0.4, -0.2) is 10.7 Å². The van der Waals surface area contributed by atoms with Crippen molar-refractivity contribution in [1.82, 2.24) is 0 Å². The van der Waals surface area contributed by atoms with Gasteiger partial charge in [-0.2, -0.15) is 0 Å². The Morgan fingerprint density at radius 3 is 2.52 bits per heavy atom. The van der Waals surface area contributed by atoms with E-state index in [1.807, 2.05) is 0 Å². The number of ether oxygens (including phenoxy) is 1. The molecule has 2 rings (SSSR count). The molecule has 0 heterocycles. The summed E-state index contributed by atoms with van der Waals surface area (Å²) in [6.07, 6.45) is 0. The molecule has 0 radical (unpaired) electrons. The van der Waals surface area contributed by atoms with E-state index < -0.39 is 4.92 Å². The first kappa shape index (κ1) is 15.5. The maximum Gasteiger partial charge on any atom is 0.313 e. The van der Waals surface area contributed by atoms with Crippen LogP contribution in [-0.2, 0) is 0 Å². The van der Waals surface area contributed by atoms with Crippen molar-refractivity contribution in [3.8, 4) is 11.5 Å². The molecule has 7 heteroatoms. The number of benzene rings is 2. The van der Waals surface area contributed by atoms with Crippen molar-refractivity contribution in [3.63, 3.8) is 0 Å². The molecule has 0 aliphatic rings. The Morgan fingerprint density at radius 1 is 1.24 bits per heavy atom. The number of hydrogen-bond acceptors (Lipinski definition) is 4. The molecule has 0 aromatic heterocycles. The van der Waals surface area contributed by atoms with Gasteiger partial charge in [0.1, 0.15) is 5.75 Å². The molecule has 108 valence electrons. The van der Waals surface area contributed by atoms with E-state index in [0.29, 0.717) is 10.0 Å². The van der Waals surface area contributed by atoms with Gasteiger partial charge in [0.2, 0.25) is 5.75 Å². The predicted molar refractivity (Wildman–Crippen MR) is 82.3 cm³/mol. The Labute approximate surface area is 133 Å². The lowest BCUT2D eigenvalue weighted by molar-refractivity contribution is -0.385. The summed E-state index contributed by atoms with van der Waals surface area (Å²) >= 11 is 9.01.